The third kappa shape index (κ3) is 3.83. The number of nitrogens with one attached hydrogen (secondary N) is 1. The quantitative estimate of drug-likeness (QED) is 0.751. The van der Waals surface area contributed by atoms with E-state index in [0.717, 1.165) is 47.7 Å². The largest absolute Gasteiger partial charge is 0.489 e. The number of benzene rings is 2. The normalized spacial score (nSPS) is 17.8. The topological polar surface area (TPSA) is 41.1 Å². The Morgan fingerprint density at radius 1 is 1.21 bits per heavy atom. The Bertz CT molecular complexity index is 803. The summed E-state index contributed by atoms with van der Waals surface area (Å²) in [6.07, 6.45) is 3.12. The minimum absolute atomic E-state index is 0. The van der Waals surface area contributed by atoms with Crippen molar-refractivity contribution >= 4 is 34.9 Å². The molecule has 1 unspecified atom stereocenters. The van der Waals surface area contributed by atoms with Crippen molar-refractivity contribution in [1.29, 1.82) is 0 Å². The van der Waals surface area contributed by atoms with Gasteiger partial charge >= 0.3 is 0 Å². The van der Waals surface area contributed by atoms with Crippen LogP contribution in [0.5, 0.6) is 5.75 Å². The molecule has 1 N–H and O–H groups in total. The molecule has 24 heavy (non-hydrogen) atoms. The van der Waals surface area contributed by atoms with Crippen LogP contribution in [0, 0.1) is 0 Å². The predicted molar refractivity (Wildman–Crippen MR) is 99.1 cm³/mol. The highest BCUT2D eigenvalue weighted by molar-refractivity contribution is 6.30. The number of nitrogens with zero attached hydrogens (tertiary/aromatic N) is 2. The van der Waals surface area contributed by atoms with Gasteiger partial charge in [0.25, 0.3) is 0 Å². The van der Waals surface area contributed by atoms with E-state index in [1.165, 1.54) is 5.56 Å². The molecule has 1 atom stereocenters. The van der Waals surface area contributed by atoms with Crippen molar-refractivity contribution in [2.45, 2.75) is 19.1 Å². The van der Waals surface area contributed by atoms with Crippen molar-refractivity contribution in [2.75, 3.05) is 13.1 Å². The van der Waals surface area contributed by atoms with E-state index < -0.39 is 0 Å². The number of aromatic nitrogens is 2. The number of likely N-dealkylation sites (tertiary alicyclic amines) is 1. The zero-order valence-electron chi connectivity index (χ0n) is 13.1. The van der Waals surface area contributed by atoms with Crippen LogP contribution in [0.15, 0.2) is 48.7 Å². The van der Waals surface area contributed by atoms with Gasteiger partial charge in [-0.15, -0.1) is 12.4 Å². The number of H-pyrrole nitrogens is 1. The molecule has 1 aromatic heterocycles. The lowest BCUT2D eigenvalue weighted by Crippen LogP contribution is -2.24. The van der Waals surface area contributed by atoms with E-state index in [0.29, 0.717) is 0 Å². The van der Waals surface area contributed by atoms with Gasteiger partial charge in [-0.2, -0.15) is 5.10 Å². The number of aromatic amines is 1. The summed E-state index contributed by atoms with van der Waals surface area (Å²) in [7, 11) is 0. The fourth-order valence-electron chi connectivity index (χ4n) is 3.07. The number of hydrogen-bond acceptors (Lipinski definition) is 3. The molecule has 0 saturated carbocycles. The molecule has 0 radical (unpaired) electrons. The predicted octanol–water partition coefficient (Wildman–Crippen LogP) is 4.29. The molecule has 4 nitrogen and oxygen atoms in total. The first-order chi connectivity index (χ1) is 11.3. The molecule has 126 valence electrons. The first kappa shape index (κ1) is 17.1. The Labute approximate surface area is 152 Å². The van der Waals surface area contributed by atoms with Crippen molar-refractivity contribution in [3.63, 3.8) is 0 Å². The molecule has 0 bridgehead atoms. The zero-order valence-corrected chi connectivity index (χ0v) is 14.7. The highest BCUT2D eigenvalue weighted by atomic mass is 35.5. The lowest BCUT2D eigenvalue weighted by Gasteiger charge is -2.17. The van der Waals surface area contributed by atoms with Gasteiger partial charge in [0.05, 0.1) is 11.7 Å². The standard InChI is InChI=1S/C18H18ClN3O.ClH/c19-15-3-1-13(2-4-15)11-22-8-7-17(12-22)23-16-5-6-18-14(9-16)10-20-21-18;/h1-6,9-10,17H,7-8,11-12H2,(H,20,21);1H. The lowest BCUT2D eigenvalue weighted by atomic mass is 10.2. The summed E-state index contributed by atoms with van der Waals surface area (Å²) in [4.78, 5) is 2.42. The van der Waals surface area contributed by atoms with Crippen molar-refractivity contribution in [3.8, 4) is 5.75 Å². The fraction of sp³-hybridized carbons (Fsp3) is 0.278. The number of ether oxygens (including phenoxy) is 1. The molecule has 1 aliphatic heterocycles. The molecule has 6 heteroatoms. The molecule has 2 aromatic carbocycles. The summed E-state index contributed by atoms with van der Waals surface area (Å²) in [6.45, 7) is 2.95. The van der Waals surface area contributed by atoms with E-state index in [4.69, 9.17) is 16.3 Å². The Kier molecular flexibility index (Phi) is 5.29. The number of rotatable bonds is 4. The Balaban J connectivity index is 0.00000169. The average Bonchev–Trinajstić information content (AvgIpc) is 3.18. The van der Waals surface area contributed by atoms with Crippen molar-refractivity contribution in [1.82, 2.24) is 15.1 Å². The molecule has 1 saturated heterocycles. The van der Waals surface area contributed by atoms with Crippen LogP contribution in [-0.4, -0.2) is 34.3 Å². The van der Waals surface area contributed by atoms with Crippen LogP contribution >= 0.6 is 24.0 Å². The van der Waals surface area contributed by atoms with Crippen molar-refractivity contribution in [2.24, 2.45) is 0 Å². The summed E-state index contributed by atoms with van der Waals surface area (Å²) in [5, 5.41) is 8.86. The van der Waals surface area contributed by atoms with Gasteiger partial charge in [-0.3, -0.25) is 10.00 Å². The summed E-state index contributed by atoms with van der Waals surface area (Å²) in [5.74, 6) is 0.914. The number of halogens is 2. The average molecular weight is 364 g/mol. The third-order valence-electron chi connectivity index (χ3n) is 4.26. The Morgan fingerprint density at radius 2 is 2.04 bits per heavy atom. The zero-order chi connectivity index (χ0) is 15.6. The van der Waals surface area contributed by atoms with E-state index in [2.05, 4.69) is 27.2 Å². The van der Waals surface area contributed by atoms with Crippen molar-refractivity contribution in [3.05, 3.63) is 59.2 Å². The minimum Gasteiger partial charge on any atom is -0.489 e. The summed E-state index contributed by atoms with van der Waals surface area (Å²) in [6, 6.07) is 14.1. The maximum atomic E-state index is 6.14. The Hall–Kier alpha value is -1.75. The summed E-state index contributed by atoms with van der Waals surface area (Å²) >= 11 is 5.93. The molecule has 1 fully saturated rings. The molecule has 0 spiro atoms. The van der Waals surface area contributed by atoms with Crippen LogP contribution in [-0.2, 0) is 6.54 Å². The van der Waals surface area contributed by atoms with Crippen LogP contribution in [0.2, 0.25) is 5.02 Å². The second-order valence-corrected chi connectivity index (χ2v) is 6.45. The number of fused-ring (bicyclic) bond motifs is 1. The van der Waals surface area contributed by atoms with Crippen LogP contribution in [0.1, 0.15) is 12.0 Å². The molecule has 4 rings (SSSR count). The molecule has 3 aromatic rings. The molecule has 1 aliphatic rings. The van der Waals surface area contributed by atoms with Crippen molar-refractivity contribution < 1.29 is 4.74 Å². The van der Waals surface area contributed by atoms with Gasteiger partial charge in [0.2, 0.25) is 0 Å². The summed E-state index contributed by atoms with van der Waals surface area (Å²) in [5.41, 5.74) is 2.32. The first-order valence-corrected chi connectivity index (χ1v) is 8.21. The van der Waals surface area contributed by atoms with Gasteiger partial charge < -0.3 is 4.74 Å². The van der Waals surface area contributed by atoms with Crippen LogP contribution < -0.4 is 4.74 Å². The smallest absolute Gasteiger partial charge is 0.120 e. The molecule has 0 amide bonds. The molecule has 0 aliphatic carbocycles. The van der Waals surface area contributed by atoms with Gasteiger partial charge in [0.1, 0.15) is 11.9 Å². The van der Waals surface area contributed by atoms with E-state index in [9.17, 15) is 0 Å². The highest BCUT2D eigenvalue weighted by Crippen LogP contribution is 2.23. The van der Waals surface area contributed by atoms with Crippen LogP contribution in [0.25, 0.3) is 10.9 Å². The van der Waals surface area contributed by atoms with Gasteiger partial charge in [0, 0.05) is 30.0 Å². The van der Waals surface area contributed by atoms with Crippen LogP contribution in [0.3, 0.4) is 0 Å². The highest BCUT2D eigenvalue weighted by Gasteiger charge is 2.24. The van der Waals surface area contributed by atoms with Crippen LogP contribution in [0.4, 0.5) is 0 Å². The first-order valence-electron chi connectivity index (χ1n) is 7.83. The minimum atomic E-state index is 0. The monoisotopic (exact) mass is 363 g/mol. The number of hydrogen-bond donors (Lipinski definition) is 1. The molecular formula is C18H19Cl2N3O. The van der Waals surface area contributed by atoms with E-state index >= 15 is 0 Å². The third-order valence-corrected chi connectivity index (χ3v) is 4.51. The SMILES string of the molecule is Cl.Clc1ccc(CN2CCC(Oc3ccc4[nH]ncc4c3)C2)cc1. The van der Waals surface area contributed by atoms with Gasteiger partial charge in [-0.05, 0) is 42.3 Å². The fourth-order valence-corrected chi connectivity index (χ4v) is 3.20. The van der Waals surface area contributed by atoms with Gasteiger partial charge in [-0.25, -0.2) is 0 Å². The molecular weight excluding hydrogens is 345 g/mol. The maximum Gasteiger partial charge on any atom is 0.120 e. The maximum absolute atomic E-state index is 6.14. The van der Waals surface area contributed by atoms with E-state index in [1.54, 1.807) is 0 Å². The Morgan fingerprint density at radius 3 is 2.88 bits per heavy atom. The van der Waals surface area contributed by atoms with Gasteiger partial charge in [-0.1, -0.05) is 23.7 Å². The summed E-state index contributed by atoms with van der Waals surface area (Å²) < 4.78 is 6.14. The second kappa shape index (κ2) is 7.43. The lowest BCUT2D eigenvalue weighted by molar-refractivity contribution is 0.198. The second-order valence-electron chi connectivity index (χ2n) is 6.01. The van der Waals surface area contributed by atoms with E-state index in [-0.39, 0.29) is 18.5 Å². The van der Waals surface area contributed by atoms with Gasteiger partial charge in [0.15, 0.2) is 0 Å². The van der Waals surface area contributed by atoms with E-state index in [1.807, 2.05) is 36.5 Å². The molecule has 2 heterocycles.